The standard InChI is InChI=1S/C20H30N2O2/c1-21(20(23)14-16-8-10-18(24-2)11-9-16)15-17-6-5-13-22-12-4-3-7-19(17)22/h8-11,17,19H,3-7,12-15H2,1-2H3. The maximum absolute atomic E-state index is 12.6. The molecular formula is C20H30N2O2. The van der Waals surface area contributed by atoms with Crippen LogP contribution in [-0.2, 0) is 11.2 Å². The lowest BCUT2D eigenvalue weighted by molar-refractivity contribution is -0.130. The first kappa shape index (κ1) is 17.3. The van der Waals surface area contributed by atoms with Gasteiger partial charge in [-0.1, -0.05) is 18.6 Å². The number of carbonyl (C=O) groups excluding carboxylic acids is 1. The van der Waals surface area contributed by atoms with E-state index in [4.69, 9.17) is 4.74 Å². The molecule has 1 aromatic carbocycles. The fraction of sp³-hybridized carbons (Fsp3) is 0.650. The van der Waals surface area contributed by atoms with Crippen molar-refractivity contribution in [3.8, 4) is 5.75 Å². The van der Waals surface area contributed by atoms with Crippen LogP contribution in [0.4, 0.5) is 0 Å². The van der Waals surface area contributed by atoms with Gasteiger partial charge < -0.3 is 14.5 Å². The van der Waals surface area contributed by atoms with Crippen molar-refractivity contribution in [3.63, 3.8) is 0 Å². The molecule has 3 rings (SSSR count). The van der Waals surface area contributed by atoms with Gasteiger partial charge in [0.15, 0.2) is 0 Å². The maximum Gasteiger partial charge on any atom is 0.226 e. The Kier molecular flexibility index (Phi) is 5.77. The summed E-state index contributed by atoms with van der Waals surface area (Å²) in [4.78, 5) is 17.2. The van der Waals surface area contributed by atoms with E-state index in [0.29, 0.717) is 18.4 Å². The average molecular weight is 330 g/mol. The summed E-state index contributed by atoms with van der Waals surface area (Å²) in [5.41, 5.74) is 1.05. The molecule has 4 nitrogen and oxygen atoms in total. The number of nitrogens with zero attached hydrogens (tertiary/aromatic N) is 2. The second kappa shape index (κ2) is 8.02. The lowest BCUT2D eigenvalue weighted by Gasteiger charge is -2.45. The lowest BCUT2D eigenvalue weighted by Crippen LogP contribution is -2.51. The number of rotatable bonds is 5. The zero-order chi connectivity index (χ0) is 16.9. The number of likely N-dealkylation sites (N-methyl/N-ethyl adjacent to an activating group) is 1. The van der Waals surface area contributed by atoms with Gasteiger partial charge in [-0.2, -0.15) is 0 Å². The number of carbonyl (C=O) groups is 1. The first-order valence-electron chi connectivity index (χ1n) is 9.28. The van der Waals surface area contributed by atoms with Gasteiger partial charge in [0.05, 0.1) is 13.5 Å². The number of fused-ring (bicyclic) bond motifs is 1. The fourth-order valence-electron chi connectivity index (χ4n) is 4.30. The van der Waals surface area contributed by atoms with Crippen molar-refractivity contribution in [2.24, 2.45) is 5.92 Å². The topological polar surface area (TPSA) is 32.8 Å². The van der Waals surface area contributed by atoms with Gasteiger partial charge in [-0.15, -0.1) is 0 Å². The van der Waals surface area contributed by atoms with Gasteiger partial charge in [0, 0.05) is 19.6 Å². The van der Waals surface area contributed by atoms with Crippen LogP contribution >= 0.6 is 0 Å². The van der Waals surface area contributed by atoms with Crippen molar-refractivity contribution < 1.29 is 9.53 Å². The molecule has 2 fully saturated rings. The summed E-state index contributed by atoms with van der Waals surface area (Å²) in [6, 6.07) is 8.50. The highest BCUT2D eigenvalue weighted by atomic mass is 16.5. The van der Waals surface area contributed by atoms with Crippen LogP contribution < -0.4 is 4.74 Å². The van der Waals surface area contributed by atoms with E-state index < -0.39 is 0 Å². The Morgan fingerprint density at radius 1 is 1.17 bits per heavy atom. The lowest BCUT2D eigenvalue weighted by atomic mass is 9.83. The third-order valence-electron chi connectivity index (χ3n) is 5.68. The number of methoxy groups -OCH3 is 1. The predicted octanol–water partition coefficient (Wildman–Crippen LogP) is 2.96. The molecule has 2 unspecified atom stereocenters. The molecule has 0 aromatic heterocycles. The molecule has 4 heteroatoms. The monoisotopic (exact) mass is 330 g/mol. The van der Waals surface area contributed by atoms with Crippen LogP contribution in [0.5, 0.6) is 5.75 Å². The van der Waals surface area contributed by atoms with Gasteiger partial charge in [-0.3, -0.25) is 4.79 Å². The molecule has 0 saturated carbocycles. The highest BCUT2D eigenvalue weighted by Gasteiger charge is 2.33. The Morgan fingerprint density at radius 3 is 2.67 bits per heavy atom. The second-order valence-electron chi connectivity index (χ2n) is 7.30. The van der Waals surface area contributed by atoms with Crippen LogP contribution in [0.15, 0.2) is 24.3 Å². The molecule has 0 radical (unpaired) electrons. The maximum atomic E-state index is 12.6. The van der Waals surface area contributed by atoms with Crippen molar-refractivity contribution in [2.45, 2.75) is 44.6 Å². The Hall–Kier alpha value is -1.55. The zero-order valence-electron chi connectivity index (χ0n) is 15.0. The largest absolute Gasteiger partial charge is 0.497 e. The minimum atomic E-state index is 0.216. The number of amides is 1. The van der Waals surface area contributed by atoms with Crippen LogP contribution in [-0.4, -0.2) is 55.5 Å². The van der Waals surface area contributed by atoms with E-state index >= 15 is 0 Å². The predicted molar refractivity (Wildman–Crippen MR) is 96.3 cm³/mol. The van der Waals surface area contributed by atoms with Crippen LogP contribution in [0.2, 0.25) is 0 Å². The highest BCUT2D eigenvalue weighted by Crippen LogP contribution is 2.31. The zero-order valence-corrected chi connectivity index (χ0v) is 15.0. The minimum Gasteiger partial charge on any atom is -0.497 e. The quantitative estimate of drug-likeness (QED) is 0.832. The fourth-order valence-corrected chi connectivity index (χ4v) is 4.30. The summed E-state index contributed by atoms with van der Waals surface area (Å²) in [5, 5.41) is 0. The molecule has 2 atom stereocenters. The Labute approximate surface area is 145 Å². The van der Waals surface area contributed by atoms with Crippen LogP contribution in [0.1, 0.15) is 37.7 Å². The van der Waals surface area contributed by atoms with Gasteiger partial charge in [0.2, 0.25) is 5.91 Å². The third kappa shape index (κ3) is 4.10. The van der Waals surface area contributed by atoms with Crippen molar-refractivity contribution in [2.75, 3.05) is 33.8 Å². The van der Waals surface area contributed by atoms with Crippen molar-refractivity contribution in [1.29, 1.82) is 0 Å². The van der Waals surface area contributed by atoms with Crippen molar-refractivity contribution in [1.82, 2.24) is 9.80 Å². The minimum absolute atomic E-state index is 0.216. The molecule has 0 N–H and O–H groups in total. The van der Waals surface area contributed by atoms with Gasteiger partial charge >= 0.3 is 0 Å². The van der Waals surface area contributed by atoms with E-state index in [1.807, 2.05) is 36.2 Å². The van der Waals surface area contributed by atoms with Gasteiger partial charge in [-0.25, -0.2) is 0 Å². The molecule has 0 spiro atoms. The average Bonchev–Trinajstić information content (AvgIpc) is 2.62. The van der Waals surface area contributed by atoms with E-state index in [-0.39, 0.29) is 5.91 Å². The van der Waals surface area contributed by atoms with Gasteiger partial charge in [0.1, 0.15) is 5.75 Å². The molecule has 1 aromatic rings. The normalized spacial score (nSPS) is 24.2. The van der Waals surface area contributed by atoms with E-state index in [0.717, 1.165) is 17.9 Å². The number of piperidine rings is 2. The number of hydrogen-bond acceptors (Lipinski definition) is 3. The molecular weight excluding hydrogens is 300 g/mol. The summed E-state index contributed by atoms with van der Waals surface area (Å²) in [5.74, 6) is 1.69. The number of hydrogen-bond donors (Lipinski definition) is 0. The van der Waals surface area contributed by atoms with E-state index in [1.165, 1.54) is 45.2 Å². The Morgan fingerprint density at radius 2 is 1.92 bits per heavy atom. The smallest absolute Gasteiger partial charge is 0.226 e. The molecule has 0 aliphatic carbocycles. The molecule has 24 heavy (non-hydrogen) atoms. The van der Waals surface area contributed by atoms with E-state index in [2.05, 4.69) is 4.90 Å². The van der Waals surface area contributed by atoms with Crippen molar-refractivity contribution in [3.05, 3.63) is 29.8 Å². The third-order valence-corrected chi connectivity index (χ3v) is 5.68. The molecule has 2 aliphatic rings. The molecule has 1 amide bonds. The molecule has 2 heterocycles. The number of benzene rings is 1. The van der Waals surface area contributed by atoms with Crippen LogP contribution in [0.25, 0.3) is 0 Å². The summed E-state index contributed by atoms with van der Waals surface area (Å²) >= 11 is 0. The molecule has 2 saturated heterocycles. The summed E-state index contributed by atoms with van der Waals surface area (Å²) in [6.07, 6.45) is 7.02. The molecule has 2 aliphatic heterocycles. The van der Waals surface area contributed by atoms with Gasteiger partial charge in [-0.05, 0) is 62.4 Å². The van der Waals surface area contributed by atoms with E-state index in [9.17, 15) is 4.79 Å². The van der Waals surface area contributed by atoms with E-state index in [1.54, 1.807) is 7.11 Å². The van der Waals surface area contributed by atoms with Crippen molar-refractivity contribution >= 4 is 5.91 Å². The number of ether oxygens (including phenoxy) is 1. The first-order valence-corrected chi connectivity index (χ1v) is 9.28. The molecule has 0 bridgehead atoms. The Bertz CT molecular complexity index is 541. The summed E-state index contributed by atoms with van der Waals surface area (Å²) < 4.78 is 5.17. The highest BCUT2D eigenvalue weighted by molar-refractivity contribution is 5.78. The van der Waals surface area contributed by atoms with Crippen LogP contribution in [0, 0.1) is 5.92 Å². The first-order chi connectivity index (χ1) is 11.7. The SMILES string of the molecule is COc1ccc(CC(=O)N(C)CC2CCCN3CCCCC23)cc1. The molecule has 132 valence electrons. The summed E-state index contributed by atoms with van der Waals surface area (Å²) in [7, 11) is 3.63. The van der Waals surface area contributed by atoms with Gasteiger partial charge in [0.25, 0.3) is 0 Å². The second-order valence-corrected chi connectivity index (χ2v) is 7.30. The van der Waals surface area contributed by atoms with Crippen LogP contribution in [0.3, 0.4) is 0 Å². The summed E-state index contributed by atoms with van der Waals surface area (Å²) in [6.45, 7) is 3.41. The Balaban J connectivity index is 1.54.